The number of nitrogens with one attached hydrogen (secondary N) is 1. The largest absolute Gasteiger partial charge is 0.342 e. The van der Waals surface area contributed by atoms with E-state index >= 15 is 0 Å². The van der Waals surface area contributed by atoms with Crippen LogP contribution >= 0.6 is 11.8 Å². The maximum Gasteiger partial charge on any atom is 0.270 e. The van der Waals surface area contributed by atoms with E-state index in [0.717, 1.165) is 21.4 Å². The van der Waals surface area contributed by atoms with E-state index in [1.807, 2.05) is 29.2 Å². The zero-order valence-electron chi connectivity index (χ0n) is 16.7. The van der Waals surface area contributed by atoms with Crippen molar-refractivity contribution in [2.24, 2.45) is 0 Å². The van der Waals surface area contributed by atoms with Crippen molar-refractivity contribution in [2.75, 3.05) is 24.5 Å². The number of rotatable bonds is 4. The monoisotopic (exact) mass is 453 g/mol. The van der Waals surface area contributed by atoms with Gasteiger partial charge in [0.2, 0.25) is 18.2 Å². The molecular formula is C21H17ClFN7O2. The van der Waals surface area contributed by atoms with E-state index in [4.69, 9.17) is 16.3 Å². The second-order valence-corrected chi connectivity index (χ2v) is 7.58. The molecule has 4 heterocycles. The van der Waals surface area contributed by atoms with E-state index in [0.29, 0.717) is 25.5 Å². The average Bonchev–Trinajstić information content (AvgIpc) is 3.36. The third-order valence-corrected chi connectivity index (χ3v) is 5.61. The van der Waals surface area contributed by atoms with Gasteiger partial charge < -0.3 is 14.7 Å². The zero-order valence-corrected chi connectivity index (χ0v) is 17.4. The maximum atomic E-state index is 14.2. The van der Waals surface area contributed by atoms with Crippen LogP contribution in [0.3, 0.4) is 0 Å². The van der Waals surface area contributed by atoms with Gasteiger partial charge in [0.25, 0.3) is 5.56 Å². The zero-order chi connectivity index (χ0) is 22.1. The van der Waals surface area contributed by atoms with E-state index in [-0.39, 0.29) is 23.2 Å². The maximum absolute atomic E-state index is 14.2. The summed E-state index contributed by atoms with van der Waals surface area (Å²) in [6, 6.07) is 10.5. The van der Waals surface area contributed by atoms with Crippen molar-refractivity contribution >= 4 is 17.7 Å². The predicted molar refractivity (Wildman–Crippen MR) is 116 cm³/mol. The molecule has 1 saturated heterocycles. The van der Waals surface area contributed by atoms with Gasteiger partial charge in [0, 0.05) is 60.8 Å². The van der Waals surface area contributed by atoms with E-state index in [9.17, 15) is 9.18 Å². The normalized spacial score (nSPS) is 16.3. The minimum atomic E-state index is -0.558. The molecular weight excluding hydrogens is 437 g/mol. The highest BCUT2D eigenvalue weighted by molar-refractivity contribution is 6.16. The van der Waals surface area contributed by atoms with Gasteiger partial charge in [-0.25, -0.2) is 9.37 Å². The van der Waals surface area contributed by atoms with Crippen LogP contribution in [0.2, 0.25) is 0 Å². The highest BCUT2D eigenvalue weighted by Crippen LogP contribution is 2.26. The van der Waals surface area contributed by atoms with Gasteiger partial charge in [0.05, 0.1) is 11.9 Å². The molecule has 1 fully saturated rings. The van der Waals surface area contributed by atoms with Gasteiger partial charge in [0.1, 0.15) is 0 Å². The third kappa shape index (κ3) is 3.85. The number of nitrogens with zero attached hydrogens (tertiary/aromatic N) is 6. The lowest BCUT2D eigenvalue weighted by atomic mass is 10.0. The average molecular weight is 454 g/mol. The molecule has 1 aromatic carbocycles. The Kier molecular flexibility index (Phi) is 5.38. The van der Waals surface area contributed by atoms with Crippen LogP contribution in [-0.2, 0) is 0 Å². The summed E-state index contributed by atoms with van der Waals surface area (Å²) >= 11 is 6.25. The van der Waals surface area contributed by atoms with Gasteiger partial charge in [-0.15, -0.1) is 0 Å². The fraction of sp³-hybridized carbons (Fsp3) is 0.190. The van der Waals surface area contributed by atoms with Crippen LogP contribution in [0.25, 0.3) is 22.6 Å². The van der Waals surface area contributed by atoms with Gasteiger partial charge in [0.15, 0.2) is 5.82 Å². The molecule has 1 N–H and O–H groups in total. The molecule has 0 aliphatic carbocycles. The summed E-state index contributed by atoms with van der Waals surface area (Å²) in [6.45, 7) is 1.75. The topological polar surface area (TPSA) is 102 Å². The molecule has 0 spiro atoms. The molecule has 9 nitrogen and oxygen atoms in total. The number of pyridine rings is 1. The lowest BCUT2D eigenvalue weighted by Crippen LogP contribution is -2.47. The van der Waals surface area contributed by atoms with Crippen LogP contribution in [0.1, 0.15) is 11.6 Å². The molecule has 0 unspecified atom stereocenters. The molecule has 0 saturated carbocycles. The van der Waals surface area contributed by atoms with Crippen LogP contribution in [0.4, 0.5) is 10.3 Å². The summed E-state index contributed by atoms with van der Waals surface area (Å²) < 4.78 is 20.0. The fourth-order valence-electron chi connectivity index (χ4n) is 3.69. The first kappa shape index (κ1) is 20.3. The quantitative estimate of drug-likeness (QED) is 0.503. The first-order valence-electron chi connectivity index (χ1n) is 9.85. The van der Waals surface area contributed by atoms with E-state index in [1.165, 1.54) is 24.7 Å². The number of halogens is 2. The summed E-state index contributed by atoms with van der Waals surface area (Å²) in [4.78, 5) is 26.7. The summed E-state index contributed by atoms with van der Waals surface area (Å²) in [5.74, 6) is 0.225. The second-order valence-electron chi connectivity index (χ2n) is 7.25. The Morgan fingerprint density at radius 2 is 2.06 bits per heavy atom. The van der Waals surface area contributed by atoms with Crippen LogP contribution in [0, 0.1) is 5.82 Å². The van der Waals surface area contributed by atoms with Crippen LogP contribution < -0.4 is 15.8 Å². The van der Waals surface area contributed by atoms with E-state index < -0.39 is 11.4 Å². The van der Waals surface area contributed by atoms with E-state index in [1.54, 1.807) is 0 Å². The Labute approximate surface area is 186 Å². The van der Waals surface area contributed by atoms with Crippen LogP contribution in [0.5, 0.6) is 0 Å². The highest BCUT2D eigenvalue weighted by Gasteiger charge is 2.25. The highest BCUT2D eigenvalue weighted by atomic mass is 35.5. The number of aromatic nitrogens is 5. The Bertz CT molecular complexity index is 1290. The molecule has 0 amide bonds. The van der Waals surface area contributed by atoms with Crippen molar-refractivity contribution in [1.29, 1.82) is 0 Å². The van der Waals surface area contributed by atoms with Crippen molar-refractivity contribution in [2.45, 2.75) is 6.04 Å². The molecule has 162 valence electrons. The van der Waals surface area contributed by atoms with Crippen LogP contribution in [-0.4, -0.2) is 43.8 Å². The molecule has 3 aromatic heterocycles. The lowest BCUT2D eigenvalue weighted by molar-refractivity contribution is 0.418. The fourth-order valence-corrected chi connectivity index (χ4v) is 3.88. The predicted octanol–water partition coefficient (Wildman–Crippen LogP) is 2.65. The Hall–Kier alpha value is -3.63. The van der Waals surface area contributed by atoms with Crippen molar-refractivity contribution in [1.82, 2.24) is 29.5 Å². The Morgan fingerprint density at radius 1 is 1.22 bits per heavy atom. The van der Waals surface area contributed by atoms with Gasteiger partial charge in [-0.2, -0.15) is 9.07 Å². The number of anilines is 1. The third-order valence-electron chi connectivity index (χ3n) is 5.29. The number of piperazine rings is 1. The summed E-state index contributed by atoms with van der Waals surface area (Å²) in [5.41, 5.74) is 1.81. The molecule has 32 heavy (non-hydrogen) atoms. The first-order chi connectivity index (χ1) is 15.6. The molecule has 1 atom stereocenters. The second kappa shape index (κ2) is 8.48. The number of hydrogen-bond acceptors (Lipinski definition) is 8. The summed E-state index contributed by atoms with van der Waals surface area (Å²) in [6.07, 6.45) is 3.82. The first-order valence-corrected chi connectivity index (χ1v) is 10.2. The number of benzene rings is 1. The lowest BCUT2D eigenvalue weighted by Gasteiger charge is -2.35. The standard InChI is InChI=1S/C21H17ClFN7O2/c22-30-19(31)9-17(15-5-6-24-10-16(15)23)27-21(30)29-8-7-25-18(11-29)13-1-3-14(4-2-13)20-26-12-32-28-20/h1-6,9-10,12,18,25H,7-8,11H2/t18-/m1/s1. The molecule has 1 aliphatic heterocycles. The molecule has 4 aromatic rings. The van der Waals surface area contributed by atoms with Crippen LogP contribution in [0.15, 0.2) is 64.5 Å². The van der Waals surface area contributed by atoms with Gasteiger partial charge >= 0.3 is 0 Å². The minimum Gasteiger partial charge on any atom is -0.342 e. The molecule has 0 radical (unpaired) electrons. The SMILES string of the molecule is O=c1cc(-c2ccncc2F)nc(N2CCN[C@@H](c3ccc(-c4ncon4)cc3)C2)n1Cl. The molecule has 1 aliphatic rings. The smallest absolute Gasteiger partial charge is 0.270 e. The van der Waals surface area contributed by atoms with E-state index in [2.05, 4.69) is 25.4 Å². The van der Waals surface area contributed by atoms with Crippen molar-refractivity contribution in [3.8, 4) is 22.6 Å². The summed E-state index contributed by atoms with van der Waals surface area (Å²) in [7, 11) is 0. The van der Waals surface area contributed by atoms with Gasteiger partial charge in [-0.1, -0.05) is 29.4 Å². The number of hydrogen-bond donors (Lipinski definition) is 1. The van der Waals surface area contributed by atoms with Gasteiger partial charge in [-0.05, 0) is 11.6 Å². The van der Waals surface area contributed by atoms with Gasteiger partial charge in [-0.3, -0.25) is 9.78 Å². The summed E-state index contributed by atoms with van der Waals surface area (Å²) in [5, 5.41) is 7.30. The Morgan fingerprint density at radius 3 is 2.81 bits per heavy atom. The Balaban J connectivity index is 1.43. The molecule has 11 heteroatoms. The van der Waals surface area contributed by atoms with Crippen molar-refractivity contribution < 1.29 is 8.91 Å². The van der Waals surface area contributed by atoms with Crippen molar-refractivity contribution in [3.05, 3.63) is 76.9 Å². The molecule has 5 rings (SSSR count). The molecule has 0 bridgehead atoms. The van der Waals surface area contributed by atoms with Crippen molar-refractivity contribution in [3.63, 3.8) is 0 Å². The minimum absolute atomic E-state index is 0.0297.